The van der Waals surface area contributed by atoms with Crippen molar-refractivity contribution in [2.24, 2.45) is 5.92 Å². The van der Waals surface area contributed by atoms with Crippen LogP contribution >= 0.6 is 12.6 Å². The molecule has 5 nitrogen and oxygen atoms in total. The summed E-state index contributed by atoms with van der Waals surface area (Å²) in [7, 11) is 0. The number of thiol groups is 1. The maximum absolute atomic E-state index is 11.6. The van der Waals surface area contributed by atoms with Gasteiger partial charge >= 0.3 is 0 Å². The average Bonchev–Trinajstić information content (AvgIpc) is 2.82. The number of carbonyl (C=O) groups excluding carboxylic acids is 1. The number of anilines is 1. The lowest BCUT2D eigenvalue weighted by Crippen LogP contribution is -2.25. The van der Waals surface area contributed by atoms with Crippen molar-refractivity contribution in [1.29, 1.82) is 5.26 Å². The molecule has 1 saturated heterocycles. The summed E-state index contributed by atoms with van der Waals surface area (Å²) in [5.41, 5.74) is 0.406. The van der Waals surface area contributed by atoms with E-state index in [1.165, 1.54) is 6.20 Å². The van der Waals surface area contributed by atoms with Crippen molar-refractivity contribution in [1.82, 2.24) is 10.2 Å². The van der Waals surface area contributed by atoms with Crippen LogP contribution in [0.1, 0.15) is 12.0 Å². The van der Waals surface area contributed by atoms with Crippen molar-refractivity contribution >= 4 is 24.4 Å². The van der Waals surface area contributed by atoms with Gasteiger partial charge < -0.3 is 0 Å². The van der Waals surface area contributed by atoms with Gasteiger partial charge in [0.1, 0.15) is 17.5 Å². The molecular formula is C9H10N4OS. The average molecular weight is 222 g/mol. The van der Waals surface area contributed by atoms with Gasteiger partial charge in [-0.3, -0.25) is 14.8 Å². The van der Waals surface area contributed by atoms with Crippen LogP contribution in [0.4, 0.5) is 5.82 Å². The van der Waals surface area contributed by atoms with E-state index in [1.807, 2.05) is 6.07 Å². The number of nitrogens with one attached hydrogen (secondary N) is 1. The van der Waals surface area contributed by atoms with E-state index in [2.05, 4.69) is 22.8 Å². The summed E-state index contributed by atoms with van der Waals surface area (Å²) in [5.74, 6) is 1.47. The van der Waals surface area contributed by atoms with Crippen LogP contribution in [-0.4, -0.2) is 28.4 Å². The van der Waals surface area contributed by atoms with Gasteiger partial charge in [0.15, 0.2) is 0 Å². The maximum Gasteiger partial charge on any atom is 0.228 e. The Bertz CT molecular complexity index is 422. The van der Waals surface area contributed by atoms with Crippen LogP contribution in [-0.2, 0) is 4.79 Å². The predicted octanol–water partition coefficient (Wildman–Crippen LogP) is 0.564. The lowest BCUT2D eigenvalue weighted by Gasteiger charge is -2.13. The molecule has 15 heavy (non-hydrogen) atoms. The maximum atomic E-state index is 11.6. The van der Waals surface area contributed by atoms with Gasteiger partial charge in [0.05, 0.1) is 6.20 Å². The first-order valence-electron chi connectivity index (χ1n) is 4.61. The number of nitriles is 1. The smallest absolute Gasteiger partial charge is 0.228 e. The van der Waals surface area contributed by atoms with Crippen molar-refractivity contribution in [3.63, 3.8) is 0 Å². The second-order valence-electron chi connectivity index (χ2n) is 3.50. The Morgan fingerprint density at radius 2 is 2.60 bits per heavy atom. The number of amides is 1. The van der Waals surface area contributed by atoms with Crippen LogP contribution < -0.4 is 4.90 Å². The molecule has 0 aliphatic carbocycles. The summed E-state index contributed by atoms with van der Waals surface area (Å²) in [6.07, 6.45) is 1.92. The van der Waals surface area contributed by atoms with Crippen LogP contribution in [0.2, 0.25) is 0 Å². The fraction of sp³-hybridized carbons (Fsp3) is 0.444. The molecule has 0 radical (unpaired) electrons. The number of nitrogens with zero attached hydrogens (tertiary/aromatic N) is 3. The number of aromatic nitrogens is 2. The van der Waals surface area contributed by atoms with Crippen molar-refractivity contribution in [2.75, 3.05) is 17.2 Å². The number of hydrogen-bond acceptors (Lipinski definition) is 4. The number of aromatic amines is 1. The highest BCUT2D eigenvalue weighted by molar-refractivity contribution is 7.80. The topological polar surface area (TPSA) is 72.8 Å². The van der Waals surface area contributed by atoms with E-state index < -0.39 is 0 Å². The first kappa shape index (κ1) is 10.1. The lowest BCUT2D eigenvalue weighted by molar-refractivity contribution is -0.117. The minimum atomic E-state index is 0.0230. The number of carbonyl (C=O) groups is 1. The van der Waals surface area contributed by atoms with Crippen LogP contribution in [0.25, 0.3) is 0 Å². The SMILES string of the molecule is N#Cc1cn[nH]c1N1CC(CS)CC1=O. The molecule has 0 saturated carbocycles. The molecule has 78 valence electrons. The van der Waals surface area contributed by atoms with Gasteiger partial charge in [-0.25, -0.2) is 0 Å². The van der Waals surface area contributed by atoms with Gasteiger partial charge in [-0.1, -0.05) is 0 Å². The molecule has 1 aliphatic rings. The molecule has 1 aromatic rings. The monoisotopic (exact) mass is 222 g/mol. The van der Waals surface area contributed by atoms with Crippen LogP contribution in [0.3, 0.4) is 0 Å². The fourth-order valence-electron chi connectivity index (χ4n) is 1.69. The third-order valence-corrected chi connectivity index (χ3v) is 2.99. The first-order valence-corrected chi connectivity index (χ1v) is 5.24. The van der Waals surface area contributed by atoms with Crippen molar-refractivity contribution in [3.05, 3.63) is 11.8 Å². The third kappa shape index (κ3) is 1.70. The van der Waals surface area contributed by atoms with Gasteiger partial charge in [0.2, 0.25) is 5.91 Å². The minimum Gasteiger partial charge on any atom is -0.296 e. The zero-order valence-electron chi connectivity index (χ0n) is 7.97. The third-order valence-electron chi connectivity index (χ3n) is 2.47. The van der Waals surface area contributed by atoms with Gasteiger partial charge in [-0.05, 0) is 11.7 Å². The predicted molar refractivity (Wildman–Crippen MR) is 57.6 cm³/mol. The molecular weight excluding hydrogens is 212 g/mol. The Balaban J connectivity index is 2.26. The highest BCUT2D eigenvalue weighted by Crippen LogP contribution is 2.26. The highest BCUT2D eigenvalue weighted by atomic mass is 32.1. The Labute approximate surface area is 92.5 Å². The molecule has 0 spiro atoms. The summed E-state index contributed by atoms with van der Waals surface area (Å²) in [4.78, 5) is 13.2. The second-order valence-corrected chi connectivity index (χ2v) is 3.87. The largest absolute Gasteiger partial charge is 0.296 e. The van der Waals surface area contributed by atoms with Crippen LogP contribution in [0.5, 0.6) is 0 Å². The Hall–Kier alpha value is -1.48. The molecule has 6 heteroatoms. The van der Waals surface area contributed by atoms with Crippen LogP contribution in [0, 0.1) is 17.2 Å². The zero-order chi connectivity index (χ0) is 10.8. The molecule has 0 bridgehead atoms. The first-order chi connectivity index (χ1) is 7.26. The summed E-state index contributed by atoms with van der Waals surface area (Å²) in [5, 5.41) is 15.3. The molecule has 2 rings (SSSR count). The summed E-state index contributed by atoms with van der Waals surface area (Å²) in [6.45, 7) is 0.610. The van der Waals surface area contributed by atoms with Crippen molar-refractivity contribution in [3.8, 4) is 6.07 Å². The van der Waals surface area contributed by atoms with E-state index in [9.17, 15) is 4.79 Å². The molecule has 0 aromatic carbocycles. The van der Waals surface area contributed by atoms with E-state index >= 15 is 0 Å². The molecule has 1 N–H and O–H groups in total. The number of rotatable bonds is 2. The number of hydrogen-bond donors (Lipinski definition) is 2. The van der Waals surface area contributed by atoms with Crippen molar-refractivity contribution < 1.29 is 4.79 Å². The van der Waals surface area contributed by atoms with Gasteiger partial charge in [-0.15, -0.1) is 0 Å². The molecule has 1 aromatic heterocycles. The summed E-state index contributed by atoms with van der Waals surface area (Å²) < 4.78 is 0. The zero-order valence-corrected chi connectivity index (χ0v) is 8.87. The summed E-state index contributed by atoms with van der Waals surface area (Å²) in [6, 6.07) is 2.00. The van der Waals surface area contributed by atoms with E-state index in [1.54, 1.807) is 4.90 Å². The summed E-state index contributed by atoms with van der Waals surface area (Å²) >= 11 is 4.17. The van der Waals surface area contributed by atoms with Gasteiger partial charge in [0.25, 0.3) is 0 Å². The minimum absolute atomic E-state index is 0.0230. The lowest BCUT2D eigenvalue weighted by atomic mass is 10.1. The van der Waals surface area contributed by atoms with Crippen molar-refractivity contribution in [2.45, 2.75) is 6.42 Å². The standard InChI is InChI=1S/C9H10N4OS/c10-2-7-3-11-12-9(7)13-4-6(5-15)1-8(13)14/h3,6,15H,1,4-5H2,(H,11,12). The molecule has 1 unspecified atom stereocenters. The molecule has 1 aliphatic heterocycles. The molecule has 1 atom stereocenters. The molecule has 2 heterocycles. The Kier molecular flexibility index (Phi) is 2.64. The molecule has 1 fully saturated rings. The Morgan fingerprint density at radius 3 is 3.20 bits per heavy atom. The highest BCUT2D eigenvalue weighted by Gasteiger charge is 2.31. The Morgan fingerprint density at radius 1 is 1.80 bits per heavy atom. The second kappa shape index (κ2) is 3.95. The van der Waals surface area contributed by atoms with Gasteiger partial charge in [0, 0.05) is 13.0 Å². The quantitative estimate of drug-likeness (QED) is 0.718. The van der Waals surface area contributed by atoms with Gasteiger partial charge in [-0.2, -0.15) is 23.0 Å². The fourth-order valence-corrected chi connectivity index (χ4v) is 1.93. The van der Waals surface area contributed by atoms with E-state index in [4.69, 9.17) is 5.26 Å². The normalized spacial score (nSPS) is 20.7. The number of H-pyrrole nitrogens is 1. The molecule has 1 amide bonds. The van der Waals surface area contributed by atoms with Crippen LogP contribution in [0.15, 0.2) is 6.20 Å². The van der Waals surface area contributed by atoms with E-state index in [0.717, 1.165) is 0 Å². The van der Waals surface area contributed by atoms with E-state index in [0.29, 0.717) is 30.1 Å². The van der Waals surface area contributed by atoms with E-state index in [-0.39, 0.29) is 11.8 Å².